The number of ketones is 2. The highest BCUT2D eigenvalue weighted by Crippen LogP contribution is 1.99. The molecule has 0 bridgehead atoms. The molecule has 0 spiro atoms. The smallest absolute Gasteiger partial charge is 0.246 e. The van der Waals surface area contributed by atoms with Gasteiger partial charge in [0.05, 0.1) is 33.0 Å². The van der Waals surface area contributed by atoms with Crippen LogP contribution in [0.25, 0.3) is 0 Å². The standard InChI is InChI=1S/C22H40N2O8/c1-3-6-21(27)23-9-4-7-20(26)8-5-11-29-13-16-32-18-22(28)24-10-12-30-14-15-31-17-19(2)25/h3-18H2,1-2H3,(H,23,27)(H,24,28). The van der Waals surface area contributed by atoms with Crippen LogP contribution in [-0.2, 0) is 38.1 Å². The molecule has 0 saturated carbocycles. The van der Waals surface area contributed by atoms with E-state index in [1.807, 2.05) is 6.92 Å². The van der Waals surface area contributed by atoms with Gasteiger partial charge in [-0.25, -0.2) is 0 Å². The van der Waals surface area contributed by atoms with Gasteiger partial charge in [0.25, 0.3) is 0 Å². The minimum atomic E-state index is -0.238. The second-order valence-electron chi connectivity index (χ2n) is 7.23. The number of hydrogen-bond donors (Lipinski definition) is 2. The fourth-order valence-electron chi connectivity index (χ4n) is 2.46. The van der Waals surface area contributed by atoms with Crippen LogP contribution in [0.3, 0.4) is 0 Å². The van der Waals surface area contributed by atoms with Gasteiger partial charge in [-0.3, -0.25) is 19.2 Å². The molecule has 2 N–H and O–H groups in total. The van der Waals surface area contributed by atoms with Crippen molar-refractivity contribution in [3.05, 3.63) is 0 Å². The number of hydrogen-bond acceptors (Lipinski definition) is 8. The monoisotopic (exact) mass is 460 g/mol. The van der Waals surface area contributed by atoms with Gasteiger partial charge in [0, 0.05) is 39.0 Å². The number of rotatable bonds is 23. The van der Waals surface area contributed by atoms with Gasteiger partial charge in [0.15, 0.2) is 5.78 Å². The first kappa shape index (κ1) is 30.1. The topological polar surface area (TPSA) is 129 Å². The van der Waals surface area contributed by atoms with Crippen LogP contribution in [0.4, 0.5) is 0 Å². The Bertz CT molecular complexity index is 528. The predicted molar refractivity (Wildman–Crippen MR) is 118 cm³/mol. The van der Waals surface area contributed by atoms with E-state index in [-0.39, 0.29) is 36.6 Å². The summed E-state index contributed by atoms with van der Waals surface area (Å²) in [4.78, 5) is 45.3. The van der Waals surface area contributed by atoms with Crippen molar-refractivity contribution in [2.75, 3.05) is 65.9 Å². The summed E-state index contributed by atoms with van der Waals surface area (Å²) in [7, 11) is 0. The summed E-state index contributed by atoms with van der Waals surface area (Å²) < 4.78 is 20.9. The Morgan fingerprint density at radius 3 is 1.91 bits per heavy atom. The molecular weight excluding hydrogens is 420 g/mol. The highest BCUT2D eigenvalue weighted by Gasteiger charge is 2.04. The number of Topliss-reactive ketones (excluding diaryl/α,β-unsaturated/α-hetero) is 2. The number of ether oxygens (including phenoxy) is 4. The Balaban J connectivity index is 3.33. The van der Waals surface area contributed by atoms with Crippen LogP contribution >= 0.6 is 0 Å². The molecule has 0 unspecified atom stereocenters. The minimum absolute atomic E-state index is 0.0324. The summed E-state index contributed by atoms with van der Waals surface area (Å²) in [6.07, 6.45) is 3.56. The molecule has 2 amide bonds. The van der Waals surface area contributed by atoms with E-state index < -0.39 is 0 Å². The first-order valence-corrected chi connectivity index (χ1v) is 11.3. The number of nitrogens with one attached hydrogen (secondary N) is 2. The fraction of sp³-hybridized carbons (Fsp3) is 0.818. The molecule has 0 radical (unpaired) electrons. The molecular formula is C22H40N2O8. The van der Waals surface area contributed by atoms with E-state index in [1.54, 1.807) is 0 Å². The largest absolute Gasteiger partial charge is 0.379 e. The Hall–Kier alpha value is -1.88. The van der Waals surface area contributed by atoms with E-state index in [0.29, 0.717) is 84.8 Å². The molecule has 0 aliphatic rings. The van der Waals surface area contributed by atoms with Crippen LogP contribution in [0.1, 0.15) is 52.4 Å². The van der Waals surface area contributed by atoms with E-state index in [1.165, 1.54) is 6.92 Å². The van der Waals surface area contributed by atoms with Crippen molar-refractivity contribution in [2.45, 2.75) is 52.4 Å². The lowest BCUT2D eigenvalue weighted by Crippen LogP contribution is -2.31. The SMILES string of the molecule is CCCC(=O)NCCCC(=O)CCCOCCOCC(=O)NCCOCCOCC(C)=O. The lowest BCUT2D eigenvalue weighted by molar-refractivity contribution is -0.127. The molecule has 0 aliphatic heterocycles. The summed E-state index contributed by atoms with van der Waals surface area (Å²) >= 11 is 0. The van der Waals surface area contributed by atoms with Gasteiger partial charge in [-0.05, 0) is 26.2 Å². The van der Waals surface area contributed by atoms with E-state index in [9.17, 15) is 19.2 Å². The van der Waals surface area contributed by atoms with Crippen LogP contribution in [0, 0.1) is 0 Å². The molecule has 32 heavy (non-hydrogen) atoms. The molecule has 0 aromatic rings. The second kappa shape index (κ2) is 22.3. The van der Waals surface area contributed by atoms with Crippen molar-refractivity contribution in [1.82, 2.24) is 10.6 Å². The maximum atomic E-state index is 11.8. The Morgan fingerprint density at radius 1 is 0.625 bits per heavy atom. The molecule has 10 heteroatoms. The molecule has 0 aromatic heterocycles. The first-order chi connectivity index (χ1) is 15.5. The third kappa shape index (κ3) is 22.8. The fourth-order valence-corrected chi connectivity index (χ4v) is 2.46. The molecule has 0 saturated heterocycles. The maximum Gasteiger partial charge on any atom is 0.246 e. The van der Waals surface area contributed by atoms with Gasteiger partial charge in [0.1, 0.15) is 19.0 Å². The number of amides is 2. The van der Waals surface area contributed by atoms with Crippen molar-refractivity contribution in [3.8, 4) is 0 Å². The molecule has 186 valence electrons. The third-order valence-corrected chi connectivity index (χ3v) is 4.03. The normalized spacial score (nSPS) is 10.7. The van der Waals surface area contributed by atoms with Crippen LogP contribution < -0.4 is 10.6 Å². The van der Waals surface area contributed by atoms with Crippen LogP contribution in [0.2, 0.25) is 0 Å². The van der Waals surface area contributed by atoms with Crippen molar-refractivity contribution in [1.29, 1.82) is 0 Å². The zero-order chi connectivity index (χ0) is 23.9. The summed E-state index contributed by atoms with van der Waals surface area (Å²) in [6.45, 7) is 6.50. The van der Waals surface area contributed by atoms with E-state index in [4.69, 9.17) is 18.9 Å². The molecule has 0 rings (SSSR count). The summed E-state index contributed by atoms with van der Waals surface area (Å²) in [5.74, 6) is -0.0713. The number of carbonyl (C=O) groups is 4. The zero-order valence-electron chi connectivity index (χ0n) is 19.6. The zero-order valence-corrected chi connectivity index (χ0v) is 19.6. The van der Waals surface area contributed by atoms with Gasteiger partial charge in [-0.2, -0.15) is 0 Å². The molecule has 0 heterocycles. The highest BCUT2D eigenvalue weighted by molar-refractivity contribution is 5.78. The lowest BCUT2D eigenvalue weighted by atomic mass is 10.1. The molecule has 0 atom stereocenters. The Morgan fingerprint density at radius 2 is 1.22 bits per heavy atom. The van der Waals surface area contributed by atoms with Crippen molar-refractivity contribution in [3.63, 3.8) is 0 Å². The van der Waals surface area contributed by atoms with Gasteiger partial charge in [0.2, 0.25) is 11.8 Å². The minimum Gasteiger partial charge on any atom is -0.379 e. The molecule has 0 fully saturated rings. The summed E-state index contributed by atoms with van der Waals surface area (Å²) in [5.41, 5.74) is 0. The summed E-state index contributed by atoms with van der Waals surface area (Å²) in [6, 6.07) is 0. The molecule has 0 aromatic carbocycles. The average molecular weight is 461 g/mol. The van der Waals surface area contributed by atoms with Gasteiger partial charge < -0.3 is 29.6 Å². The average Bonchev–Trinajstić information content (AvgIpc) is 2.75. The van der Waals surface area contributed by atoms with Crippen molar-refractivity contribution in [2.24, 2.45) is 0 Å². The highest BCUT2D eigenvalue weighted by atomic mass is 16.5. The van der Waals surface area contributed by atoms with E-state index in [2.05, 4.69) is 10.6 Å². The second-order valence-corrected chi connectivity index (χ2v) is 7.23. The maximum absolute atomic E-state index is 11.8. The molecule has 10 nitrogen and oxygen atoms in total. The van der Waals surface area contributed by atoms with E-state index in [0.717, 1.165) is 6.42 Å². The van der Waals surface area contributed by atoms with Gasteiger partial charge in [-0.1, -0.05) is 6.92 Å². The quantitative estimate of drug-likeness (QED) is 0.214. The van der Waals surface area contributed by atoms with E-state index >= 15 is 0 Å². The number of carbonyl (C=O) groups excluding carboxylic acids is 4. The summed E-state index contributed by atoms with van der Waals surface area (Å²) in [5, 5.41) is 5.45. The first-order valence-electron chi connectivity index (χ1n) is 11.3. The third-order valence-electron chi connectivity index (χ3n) is 4.03. The van der Waals surface area contributed by atoms with Gasteiger partial charge >= 0.3 is 0 Å². The Kier molecular flexibility index (Phi) is 21.0. The molecule has 0 aliphatic carbocycles. The Labute approximate surface area is 191 Å². The van der Waals surface area contributed by atoms with Crippen molar-refractivity contribution >= 4 is 23.4 Å². The lowest BCUT2D eigenvalue weighted by Gasteiger charge is -2.08. The van der Waals surface area contributed by atoms with Crippen LogP contribution in [0.5, 0.6) is 0 Å². The van der Waals surface area contributed by atoms with Crippen LogP contribution in [0.15, 0.2) is 0 Å². The van der Waals surface area contributed by atoms with Crippen molar-refractivity contribution < 1.29 is 38.1 Å². The van der Waals surface area contributed by atoms with Gasteiger partial charge in [-0.15, -0.1) is 0 Å². The predicted octanol–water partition coefficient (Wildman–Crippen LogP) is 0.804. The van der Waals surface area contributed by atoms with Crippen LogP contribution in [-0.4, -0.2) is 89.3 Å².